The van der Waals surface area contributed by atoms with Crippen molar-refractivity contribution in [2.75, 3.05) is 0 Å². The molecule has 52 valence electrons. The Hall–Kier alpha value is -1.23. The average molecular weight is 134 g/mol. The van der Waals surface area contributed by atoms with E-state index in [1.807, 2.05) is 0 Å². The van der Waals surface area contributed by atoms with Crippen molar-refractivity contribution in [3.8, 4) is 12.3 Å². The van der Waals surface area contributed by atoms with Crippen LogP contribution in [0.4, 0.5) is 0 Å². The molecule has 2 heteroatoms. The van der Waals surface area contributed by atoms with E-state index < -0.39 is 0 Å². The Kier molecular flexibility index (Phi) is 1.77. The first-order valence-electron chi connectivity index (χ1n) is 3.25. The van der Waals surface area contributed by atoms with Crippen LogP contribution >= 0.6 is 0 Å². The number of imidazole rings is 1. The molecule has 0 aliphatic heterocycles. The van der Waals surface area contributed by atoms with Crippen molar-refractivity contribution in [2.24, 2.45) is 0 Å². The average Bonchev–Trinajstić information content (AvgIpc) is 2.34. The van der Waals surface area contributed by atoms with E-state index in [2.05, 4.69) is 29.7 Å². The maximum absolute atomic E-state index is 5.14. The molecule has 0 bridgehead atoms. The number of H-pyrrole nitrogens is 1. The molecule has 1 heterocycles. The lowest BCUT2D eigenvalue weighted by atomic mass is 10.2. The Morgan fingerprint density at radius 2 is 2.40 bits per heavy atom. The fourth-order valence-corrected chi connectivity index (χ4v) is 0.703. The first-order chi connectivity index (χ1) is 4.74. The zero-order valence-electron chi connectivity index (χ0n) is 6.18. The van der Waals surface area contributed by atoms with Crippen LogP contribution in [0, 0.1) is 12.3 Å². The number of terminal acetylenes is 1. The summed E-state index contributed by atoms with van der Waals surface area (Å²) in [6, 6.07) is 0. The fraction of sp³-hybridized carbons (Fsp3) is 0.375. The number of nitrogens with zero attached hydrogens (tertiary/aromatic N) is 1. The Morgan fingerprint density at radius 3 is 2.70 bits per heavy atom. The SMILES string of the molecule is C#Cc1cnc(C(C)C)[nH]1. The highest BCUT2D eigenvalue weighted by Crippen LogP contribution is 2.08. The van der Waals surface area contributed by atoms with E-state index in [0.717, 1.165) is 11.5 Å². The van der Waals surface area contributed by atoms with Crippen LogP contribution in [0.5, 0.6) is 0 Å². The van der Waals surface area contributed by atoms with E-state index >= 15 is 0 Å². The third kappa shape index (κ3) is 1.19. The highest BCUT2D eigenvalue weighted by Gasteiger charge is 2.01. The van der Waals surface area contributed by atoms with Crippen LogP contribution in [0.2, 0.25) is 0 Å². The van der Waals surface area contributed by atoms with Gasteiger partial charge in [0.05, 0.1) is 6.20 Å². The van der Waals surface area contributed by atoms with Crippen LogP contribution in [-0.4, -0.2) is 9.97 Å². The summed E-state index contributed by atoms with van der Waals surface area (Å²) in [5.74, 6) is 3.85. The summed E-state index contributed by atoms with van der Waals surface area (Å²) in [4.78, 5) is 7.10. The van der Waals surface area contributed by atoms with E-state index in [-0.39, 0.29) is 0 Å². The molecule has 0 unspecified atom stereocenters. The van der Waals surface area contributed by atoms with Gasteiger partial charge in [-0.3, -0.25) is 0 Å². The standard InChI is InChI=1S/C8H10N2/c1-4-7-5-9-8(10-7)6(2)3/h1,5-6H,2-3H3,(H,9,10). The lowest BCUT2D eigenvalue weighted by Gasteiger charge is -1.95. The van der Waals surface area contributed by atoms with Gasteiger partial charge in [0.15, 0.2) is 0 Å². The molecule has 2 nitrogen and oxygen atoms in total. The third-order valence-corrected chi connectivity index (χ3v) is 1.30. The molecule has 0 radical (unpaired) electrons. The second-order valence-corrected chi connectivity index (χ2v) is 2.48. The molecule has 0 saturated heterocycles. The Morgan fingerprint density at radius 1 is 1.70 bits per heavy atom. The largest absolute Gasteiger partial charge is 0.335 e. The molecule has 1 rings (SSSR count). The van der Waals surface area contributed by atoms with Crippen LogP contribution in [-0.2, 0) is 0 Å². The molecule has 0 saturated carbocycles. The van der Waals surface area contributed by atoms with Crippen LogP contribution < -0.4 is 0 Å². The predicted molar refractivity (Wildman–Crippen MR) is 40.6 cm³/mol. The summed E-state index contributed by atoms with van der Waals surface area (Å²) in [6.45, 7) is 4.14. The minimum Gasteiger partial charge on any atom is -0.335 e. The van der Waals surface area contributed by atoms with Crippen molar-refractivity contribution in [1.29, 1.82) is 0 Å². The molecule has 1 aromatic rings. The van der Waals surface area contributed by atoms with Crippen LogP contribution in [0.1, 0.15) is 31.3 Å². The van der Waals surface area contributed by atoms with E-state index in [0.29, 0.717) is 5.92 Å². The summed E-state index contributed by atoms with van der Waals surface area (Å²) in [5, 5.41) is 0. The first kappa shape index (κ1) is 6.88. The minimum atomic E-state index is 0.419. The van der Waals surface area contributed by atoms with Crippen molar-refractivity contribution in [3.05, 3.63) is 17.7 Å². The van der Waals surface area contributed by atoms with E-state index in [1.165, 1.54) is 0 Å². The smallest absolute Gasteiger partial charge is 0.109 e. The summed E-state index contributed by atoms with van der Waals surface area (Å²) in [5.41, 5.74) is 0.753. The van der Waals surface area contributed by atoms with Crippen molar-refractivity contribution in [1.82, 2.24) is 9.97 Å². The van der Waals surface area contributed by atoms with Crippen LogP contribution in [0.15, 0.2) is 6.20 Å². The monoisotopic (exact) mass is 134 g/mol. The number of nitrogens with one attached hydrogen (secondary N) is 1. The van der Waals surface area contributed by atoms with Crippen molar-refractivity contribution in [2.45, 2.75) is 19.8 Å². The van der Waals surface area contributed by atoms with Gasteiger partial charge in [0.1, 0.15) is 11.5 Å². The fourth-order valence-electron chi connectivity index (χ4n) is 0.703. The summed E-state index contributed by atoms with van der Waals surface area (Å²) >= 11 is 0. The maximum Gasteiger partial charge on any atom is 0.109 e. The molecule has 0 amide bonds. The number of hydrogen-bond donors (Lipinski definition) is 1. The zero-order valence-corrected chi connectivity index (χ0v) is 6.18. The molecule has 1 N–H and O–H groups in total. The molecule has 0 aliphatic carbocycles. The van der Waals surface area contributed by atoms with Gasteiger partial charge in [-0.1, -0.05) is 19.8 Å². The van der Waals surface area contributed by atoms with Gasteiger partial charge in [-0.05, 0) is 0 Å². The van der Waals surface area contributed by atoms with Gasteiger partial charge >= 0.3 is 0 Å². The number of hydrogen-bond acceptors (Lipinski definition) is 1. The Bertz CT molecular complexity index is 252. The van der Waals surface area contributed by atoms with Crippen molar-refractivity contribution < 1.29 is 0 Å². The molecule has 1 aromatic heterocycles. The number of aromatic amines is 1. The number of aromatic nitrogens is 2. The predicted octanol–water partition coefficient (Wildman–Crippen LogP) is 1.51. The lowest BCUT2D eigenvalue weighted by Crippen LogP contribution is -1.88. The molecule has 0 atom stereocenters. The summed E-state index contributed by atoms with van der Waals surface area (Å²) in [6.07, 6.45) is 6.82. The van der Waals surface area contributed by atoms with Crippen molar-refractivity contribution in [3.63, 3.8) is 0 Å². The first-order valence-corrected chi connectivity index (χ1v) is 3.25. The molecular formula is C8H10N2. The number of rotatable bonds is 1. The Balaban J connectivity index is 2.91. The molecule has 0 aliphatic rings. The van der Waals surface area contributed by atoms with E-state index in [9.17, 15) is 0 Å². The summed E-state index contributed by atoms with van der Waals surface area (Å²) < 4.78 is 0. The maximum atomic E-state index is 5.14. The highest BCUT2D eigenvalue weighted by atomic mass is 14.9. The Labute approximate surface area is 60.7 Å². The second-order valence-electron chi connectivity index (χ2n) is 2.48. The van der Waals surface area contributed by atoms with Crippen LogP contribution in [0.3, 0.4) is 0 Å². The molecule has 0 spiro atoms. The molecule has 0 aromatic carbocycles. The molecule has 0 fully saturated rings. The van der Waals surface area contributed by atoms with Gasteiger partial charge in [-0.2, -0.15) is 0 Å². The van der Waals surface area contributed by atoms with Gasteiger partial charge in [-0.25, -0.2) is 4.98 Å². The van der Waals surface area contributed by atoms with E-state index in [4.69, 9.17) is 6.42 Å². The second kappa shape index (κ2) is 2.57. The van der Waals surface area contributed by atoms with Gasteiger partial charge in [0, 0.05) is 5.92 Å². The van der Waals surface area contributed by atoms with Crippen molar-refractivity contribution >= 4 is 0 Å². The highest BCUT2D eigenvalue weighted by molar-refractivity contribution is 5.22. The molecular weight excluding hydrogens is 124 g/mol. The minimum absolute atomic E-state index is 0.419. The van der Waals surface area contributed by atoms with E-state index in [1.54, 1.807) is 6.20 Å². The normalized spacial score (nSPS) is 9.80. The topological polar surface area (TPSA) is 28.7 Å². The van der Waals surface area contributed by atoms with Gasteiger partial charge < -0.3 is 4.98 Å². The van der Waals surface area contributed by atoms with Gasteiger partial charge in [-0.15, -0.1) is 6.42 Å². The quantitative estimate of drug-likeness (QED) is 0.579. The third-order valence-electron chi connectivity index (χ3n) is 1.30. The molecule has 10 heavy (non-hydrogen) atoms. The zero-order chi connectivity index (χ0) is 7.56. The van der Waals surface area contributed by atoms with Crippen LogP contribution in [0.25, 0.3) is 0 Å². The summed E-state index contributed by atoms with van der Waals surface area (Å²) in [7, 11) is 0. The lowest BCUT2D eigenvalue weighted by molar-refractivity contribution is 0.793. The van der Waals surface area contributed by atoms with Gasteiger partial charge in [0.25, 0.3) is 0 Å². The van der Waals surface area contributed by atoms with Gasteiger partial charge in [0.2, 0.25) is 0 Å².